The fourth-order valence-electron chi connectivity index (χ4n) is 3.58. The third kappa shape index (κ3) is 3.81. The normalized spacial score (nSPS) is 11.4. The number of unbranched alkanes of at least 4 members (excludes halogenated alkanes) is 3. The number of aromatic nitrogens is 3. The number of benzene rings is 2. The van der Waals surface area contributed by atoms with Crippen molar-refractivity contribution in [3.63, 3.8) is 0 Å². The van der Waals surface area contributed by atoms with Crippen LogP contribution in [0.15, 0.2) is 42.6 Å². The van der Waals surface area contributed by atoms with Crippen LogP contribution < -0.4 is 16.8 Å². The number of hydrogen-bond donors (Lipinski definition) is 5. The summed E-state index contributed by atoms with van der Waals surface area (Å²) in [6.45, 7) is 1.52. The van der Waals surface area contributed by atoms with E-state index in [0.29, 0.717) is 17.2 Å². The van der Waals surface area contributed by atoms with Gasteiger partial charge in [0.2, 0.25) is 0 Å². The molecule has 0 amide bonds. The monoisotopic (exact) mass is 406 g/mol. The smallest absolute Gasteiger partial charge is 0.181 e. The minimum absolute atomic E-state index is 0.166. The van der Waals surface area contributed by atoms with Crippen molar-refractivity contribution in [1.29, 1.82) is 0 Å². The summed E-state index contributed by atoms with van der Waals surface area (Å²) < 4.78 is 1.97. The summed E-state index contributed by atoms with van der Waals surface area (Å²) in [5.74, 6) is 0.344. The molecule has 0 spiro atoms. The molecule has 0 aliphatic carbocycles. The third-order valence-corrected chi connectivity index (χ3v) is 5.14. The molecule has 156 valence electrons. The number of nitrogens with two attached hydrogens (primary N) is 2. The number of nitrogens with zero attached hydrogens (tertiary/aromatic N) is 3. The van der Waals surface area contributed by atoms with Gasteiger partial charge in [-0.3, -0.25) is 4.40 Å². The van der Waals surface area contributed by atoms with Crippen LogP contribution in [0.3, 0.4) is 0 Å². The number of hydrogen-bond acceptors (Lipinski definition) is 7. The zero-order valence-corrected chi connectivity index (χ0v) is 16.7. The van der Waals surface area contributed by atoms with Crippen molar-refractivity contribution in [3.8, 4) is 22.8 Å². The van der Waals surface area contributed by atoms with Gasteiger partial charge in [0.15, 0.2) is 23.0 Å². The second kappa shape index (κ2) is 8.46. The van der Waals surface area contributed by atoms with Crippen LogP contribution in [0.25, 0.3) is 27.9 Å². The Labute approximate surface area is 174 Å². The molecule has 2 aromatic carbocycles. The van der Waals surface area contributed by atoms with Crippen LogP contribution in [-0.4, -0.2) is 37.7 Å². The Bertz CT molecular complexity index is 1190. The molecule has 0 saturated carbocycles. The number of phenolic OH excluding ortho intramolecular Hbond substituents is 2. The lowest BCUT2D eigenvalue weighted by Gasteiger charge is -2.12. The molecule has 30 heavy (non-hydrogen) atoms. The van der Waals surface area contributed by atoms with Crippen molar-refractivity contribution in [2.24, 2.45) is 5.73 Å². The molecule has 2 heterocycles. The van der Waals surface area contributed by atoms with E-state index in [-0.39, 0.29) is 11.5 Å². The summed E-state index contributed by atoms with van der Waals surface area (Å²) in [4.78, 5) is 9.35. The van der Waals surface area contributed by atoms with Crippen LogP contribution in [-0.2, 0) is 0 Å². The molecule has 0 unspecified atom stereocenters. The summed E-state index contributed by atoms with van der Waals surface area (Å²) in [7, 11) is 0. The fourth-order valence-corrected chi connectivity index (χ4v) is 3.58. The van der Waals surface area contributed by atoms with Gasteiger partial charge in [0.05, 0.1) is 22.9 Å². The molecule has 8 nitrogen and oxygen atoms in total. The summed E-state index contributed by atoms with van der Waals surface area (Å²) in [5, 5.41) is 23.0. The van der Waals surface area contributed by atoms with Gasteiger partial charge in [0.1, 0.15) is 0 Å². The third-order valence-electron chi connectivity index (χ3n) is 5.14. The molecule has 0 fully saturated rings. The molecular formula is C22H26N6O2. The van der Waals surface area contributed by atoms with Gasteiger partial charge in [-0.1, -0.05) is 12.8 Å². The maximum Gasteiger partial charge on any atom is 0.181 e. The van der Waals surface area contributed by atoms with Gasteiger partial charge >= 0.3 is 0 Å². The van der Waals surface area contributed by atoms with E-state index in [4.69, 9.17) is 16.5 Å². The van der Waals surface area contributed by atoms with E-state index in [1.54, 1.807) is 12.3 Å². The van der Waals surface area contributed by atoms with Crippen molar-refractivity contribution in [1.82, 2.24) is 14.4 Å². The van der Waals surface area contributed by atoms with E-state index in [9.17, 15) is 10.2 Å². The van der Waals surface area contributed by atoms with E-state index in [1.165, 1.54) is 12.1 Å². The largest absolute Gasteiger partial charge is 0.504 e. The molecule has 0 aliphatic rings. The number of anilines is 2. The van der Waals surface area contributed by atoms with E-state index in [1.807, 2.05) is 22.6 Å². The maximum absolute atomic E-state index is 9.96. The highest BCUT2D eigenvalue weighted by molar-refractivity contribution is 5.88. The Balaban J connectivity index is 1.77. The lowest BCUT2D eigenvalue weighted by Crippen LogP contribution is -2.07. The van der Waals surface area contributed by atoms with Crippen LogP contribution in [0.1, 0.15) is 25.7 Å². The number of nitrogens with one attached hydrogen (secondary N) is 1. The molecule has 0 radical (unpaired) electrons. The van der Waals surface area contributed by atoms with Crippen LogP contribution in [0.5, 0.6) is 11.5 Å². The van der Waals surface area contributed by atoms with Crippen molar-refractivity contribution in [3.05, 3.63) is 42.6 Å². The lowest BCUT2D eigenvalue weighted by molar-refractivity contribution is 0.404. The van der Waals surface area contributed by atoms with Crippen LogP contribution in [0, 0.1) is 0 Å². The first-order valence-corrected chi connectivity index (χ1v) is 10.1. The van der Waals surface area contributed by atoms with Crippen molar-refractivity contribution in [2.75, 3.05) is 24.1 Å². The maximum atomic E-state index is 9.96. The SMILES string of the molecule is NCCCCCCNc1nc2ccc(N)cc2n2c(-c3ccc(O)c(O)c3)cnc12. The van der Waals surface area contributed by atoms with Crippen LogP contribution >= 0.6 is 0 Å². The van der Waals surface area contributed by atoms with Gasteiger partial charge in [0.25, 0.3) is 0 Å². The summed E-state index contributed by atoms with van der Waals surface area (Å²) in [6, 6.07) is 10.3. The molecule has 4 aromatic rings. The highest BCUT2D eigenvalue weighted by Crippen LogP contribution is 2.33. The predicted octanol–water partition coefficient (Wildman–Crippen LogP) is 3.47. The number of rotatable bonds is 8. The Hall–Kier alpha value is -3.52. The molecule has 0 aliphatic heterocycles. The Morgan fingerprint density at radius 1 is 0.967 bits per heavy atom. The predicted molar refractivity (Wildman–Crippen MR) is 120 cm³/mol. The number of aromatic hydroxyl groups is 2. The topological polar surface area (TPSA) is 135 Å². The molecule has 0 atom stereocenters. The van der Waals surface area contributed by atoms with Crippen LogP contribution in [0.2, 0.25) is 0 Å². The lowest BCUT2D eigenvalue weighted by atomic mass is 10.1. The summed E-state index contributed by atoms with van der Waals surface area (Å²) in [6.07, 6.45) is 6.03. The quantitative estimate of drug-likeness (QED) is 0.172. The first-order chi connectivity index (χ1) is 14.6. The standard InChI is InChI=1S/C22H26N6O2/c23-9-3-1-2-4-10-25-21-22-26-13-18(14-5-8-19(29)20(30)11-14)28(22)17-12-15(24)6-7-16(17)27-21/h5-8,11-13,29-30H,1-4,9-10,23-24H2,(H,25,27). The van der Waals surface area contributed by atoms with Gasteiger partial charge in [-0.05, 0) is 55.8 Å². The van der Waals surface area contributed by atoms with Crippen molar-refractivity contribution < 1.29 is 10.2 Å². The van der Waals surface area contributed by atoms with Crippen molar-refractivity contribution in [2.45, 2.75) is 25.7 Å². The van der Waals surface area contributed by atoms with Gasteiger partial charge in [-0.15, -0.1) is 0 Å². The fraction of sp³-hybridized carbons (Fsp3) is 0.273. The highest BCUT2D eigenvalue weighted by Gasteiger charge is 2.16. The van der Waals surface area contributed by atoms with Gasteiger partial charge in [0, 0.05) is 17.8 Å². The van der Waals surface area contributed by atoms with Gasteiger partial charge in [-0.2, -0.15) is 0 Å². The average molecular weight is 406 g/mol. The van der Waals surface area contributed by atoms with Gasteiger partial charge < -0.3 is 27.0 Å². The number of fused-ring (bicyclic) bond motifs is 3. The second-order valence-electron chi connectivity index (χ2n) is 7.34. The molecule has 7 N–H and O–H groups in total. The first kappa shape index (κ1) is 19.8. The van der Waals surface area contributed by atoms with E-state index in [0.717, 1.165) is 61.1 Å². The zero-order chi connectivity index (χ0) is 21.1. The van der Waals surface area contributed by atoms with Crippen LogP contribution in [0.4, 0.5) is 11.5 Å². The molecule has 4 rings (SSSR count). The minimum Gasteiger partial charge on any atom is -0.504 e. The molecular weight excluding hydrogens is 380 g/mol. The number of nitrogen functional groups attached to an aromatic ring is 1. The minimum atomic E-state index is -0.184. The zero-order valence-electron chi connectivity index (χ0n) is 16.7. The second-order valence-corrected chi connectivity index (χ2v) is 7.34. The molecule has 2 aromatic heterocycles. The Morgan fingerprint density at radius 2 is 1.80 bits per heavy atom. The first-order valence-electron chi connectivity index (χ1n) is 10.1. The van der Waals surface area contributed by atoms with E-state index in [2.05, 4.69) is 10.3 Å². The van der Waals surface area contributed by atoms with Crippen molar-refractivity contribution >= 4 is 28.2 Å². The molecule has 0 bridgehead atoms. The Morgan fingerprint density at radius 3 is 2.60 bits per heavy atom. The summed E-state index contributed by atoms with van der Waals surface area (Å²) >= 11 is 0. The van der Waals surface area contributed by atoms with E-state index >= 15 is 0 Å². The number of imidazole rings is 1. The van der Waals surface area contributed by atoms with Gasteiger partial charge in [-0.25, -0.2) is 9.97 Å². The van der Waals surface area contributed by atoms with E-state index < -0.39 is 0 Å². The number of phenols is 2. The average Bonchev–Trinajstić information content (AvgIpc) is 3.18. The molecule has 8 heteroatoms. The Kier molecular flexibility index (Phi) is 5.58. The highest BCUT2D eigenvalue weighted by atomic mass is 16.3. The summed E-state index contributed by atoms with van der Waals surface area (Å²) in [5.41, 5.74) is 16.0. The molecule has 0 saturated heterocycles.